The normalized spacial score (nSPS) is 19.6. The fraction of sp³-hybridized carbons (Fsp3) is 0.467. The van der Waals surface area contributed by atoms with Gasteiger partial charge in [-0.25, -0.2) is 0 Å². The summed E-state index contributed by atoms with van der Waals surface area (Å²) in [5.74, 6) is 1.72. The minimum atomic E-state index is 0.774. The molecule has 0 aliphatic carbocycles. The van der Waals surface area contributed by atoms with Crippen LogP contribution in [0.25, 0.3) is 10.9 Å². The van der Waals surface area contributed by atoms with E-state index < -0.39 is 0 Å². The summed E-state index contributed by atoms with van der Waals surface area (Å²) in [5, 5.41) is 4.75. The molecule has 3 heteroatoms. The van der Waals surface area contributed by atoms with Gasteiger partial charge in [0.25, 0.3) is 0 Å². The van der Waals surface area contributed by atoms with Gasteiger partial charge in [0.1, 0.15) is 5.75 Å². The maximum absolute atomic E-state index is 5.45. The first-order chi connectivity index (χ1) is 8.78. The fourth-order valence-electron chi connectivity index (χ4n) is 2.92. The highest BCUT2D eigenvalue weighted by molar-refractivity contribution is 5.89. The van der Waals surface area contributed by atoms with Gasteiger partial charge in [0.2, 0.25) is 0 Å². The Morgan fingerprint density at radius 3 is 3.00 bits per heavy atom. The number of nitrogens with one attached hydrogen (secondary N) is 2. The Labute approximate surface area is 108 Å². The van der Waals surface area contributed by atoms with E-state index in [1.807, 2.05) is 0 Å². The summed E-state index contributed by atoms with van der Waals surface area (Å²) >= 11 is 0. The topological polar surface area (TPSA) is 37.0 Å². The zero-order valence-corrected chi connectivity index (χ0v) is 11.0. The summed E-state index contributed by atoms with van der Waals surface area (Å²) < 4.78 is 5.45. The lowest BCUT2D eigenvalue weighted by molar-refractivity contribution is 0.418. The Balaban J connectivity index is 1.99. The van der Waals surface area contributed by atoms with Crippen LogP contribution in [0.1, 0.15) is 17.5 Å². The maximum Gasteiger partial charge on any atom is 0.143 e. The summed E-state index contributed by atoms with van der Waals surface area (Å²) in [7, 11) is 1.73. The summed E-state index contributed by atoms with van der Waals surface area (Å²) in [6.45, 7) is 4.43. The summed E-state index contributed by atoms with van der Waals surface area (Å²) in [6, 6.07) is 4.34. The van der Waals surface area contributed by atoms with E-state index >= 15 is 0 Å². The predicted molar refractivity (Wildman–Crippen MR) is 74.3 cm³/mol. The molecule has 1 aliphatic rings. The number of fused-ring (bicyclic) bond motifs is 1. The number of aryl methyl sites for hydroxylation is 1. The average Bonchev–Trinajstić information content (AvgIpc) is 2.99. The molecule has 2 aromatic rings. The molecule has 1 fully saturated rings. The van der Waals surface area contributed by atoms with Crippen molar-refractivity contribution in [3.05, 3.63) is 29.5 Å². The van der Waals surface area contributed by atoms with Gasteiger partial charge in [-0.3, -0.25) is 0 Å². The van der Waals surface area contributed by atoms with Gasteiger partial charge >= 0.3 is 0 Å². The first kappa shape index (κ1) is 11.6. The van der Waals surface area contributed by atoms with Crippen molar-refractivity contribution in [2.45, 2.75) is 19.8 Å². The minimum absolute atomic E-state index is 0.774. The lowest BCUT2D eigenvalue weighted by Crippen LogP contribution is -2.10. The number of methoxy groups -OCH3 is 1. The molecule has 18 heavy (non-hydrogen) atoms. The minimum Gasteiger partial charge on any atom is -0.495 e. The van der Waals surface area contributed by atoms with Crippen molar-refractivity contribution in [1.29, 1.82) is 0 Å². The monoisotopic (exact) mass is 244 g/mol. The van der Waals surface area contributed by atoms with Crippen LogP contribution >= 0.6 is 0 Å². The second-order valence-corrected chi connectivity index (χ2v) is 5.27. The molecule has 0 saturated carbocycles. The second kappa shape index (κ2) is 4.65. The zero-order valence-electron chi connectivity index (χ0n) is 11.0. The van der Waals surface area contributed by atoms with Crippen LogP contribution in [0.3, 0.4) is 0 Å². The van der Waals surface area contributed by atoms with Gasteiger partial charge in [-0.2, -0.15) is 0 Å². The van der Waals surface area contributed by atoms with E-state index in [9.17, 15) is 0 Å². The number of ether oxygens (including phenoxy) is 1. The molecule has 96 valence electrons. The molecule has 1 aromatic carbocycles. The molecule has 0 bridgehead atoms. The van der Waals surface area contributed by atoms with Crippen molar-refractivity contribution < 1.29 is 4.74 Å². The first-order valence-electron chi connectivity index (χ1n) is 6.63. The Kier molecular flexibility index (Phi) is 3.00. The van der Waals surface area contributed by atoms with Crippen molar-refractivity contribution in [1.82, 2.24) is 10.3 Å². The quantitative estimate of drug-likeness (QED) is 0.871. The maximum atomic E-state index is 5.45. The van der Waals surface area contributed by atoms with Crippen LogP contribution in [-0.2, 0) is 6.42 Å². The molecule has 1 aliphatic heterocycles. The summed E-state index contributed by atoms with van der Waals surface area (Å²) in [4.78, 5) is 3.36. The molecule has 1 unspecified atom stereocenters. The molecule has 2 N–H and O–H groups in total. The average molecular weight is 244 g/mol. The van der Waals surface area contributed by atoms with Crippen LogP contribution in [0.2, 0.25) is 0 Å². The number of hydrogen-bond donors (Lipinski definition) is 2. The molecule has 1 saturated heterocycles. The Morgan fingerprint density at radius 1 is 1.39 bits per heavy atom. The molecule has 3 rings (SSSR count). The molecule has 0 amide bonds. The third-order valence-corrected chi connectivity index (χ3v) is 3.87. The summed E-state index contributed by atoms with van der Waals surface area (Å²) in [6.07, 6.45) is 4.58. The van der Waals surface area contributed by atoms with E-state index in [1.165, 1.54) is 22.9 Å². The molecular formula is C15H20N2O. The number of H-pyrrole nitrogens is 1. The number of aromatic amines is 1. The number of aromatic nitrogens is 1. The highest BCUT2D eigenvalue weighted by atomic mass is 16.5. The standard InChI is InChI=1S/C15H20N2O/c1-10-5-13-12(7-11-3-4-16-8-11)9-17-15(13)14(6-10)18-2/h5-6,9,11,16-17H,3-4,7-8H2,1-2H3. The number of rotatable bonds is 3. The summed E-state index contributed by atoms with van der Waals surface area (Å²) in [5.41, 5.74) is 3.80. The van der Waals surface area contributed by atoms with Gasteiger partial charge < -0.3 is 15.0 Å². The van der Waals surface area contributed by atoms with E-state index in [0.29, 0.717) is 0 Å². The Bertz CT molecular complexity index is 553. The zero-order chi connectivity index (χ0) is 12.5. The van der Waals surface area contributed by atoms with Crippen LogP contribution in [0.5, 0.6) is 5.75 Å². The van der Waals surface area contributed by atoms with Crippen molar-refractivity contribution in [2.75, 3.05) is 20.2 Å². The molecule has 0 radical (unpaired) electrons. The highest BCUT2D eigenvalue weighted by Crippen LogP contribution is 2.30. The van der Waals surface area contributed by atoms with E-state index in [0.717, 1.165) is 36.7 Å². The lowest BCUT2D eigenvalue weighted by Gasteiger charge is -2.08. The van der Waals surface area contributed by atoms with Gasteiger partial charge in [0, 0.05) is 11.6 Å². The number of hydrogen-bond acceptors (Lipinski definition) is 2. The smallest absolute Gasteiger partial charge is 0.143 e. The highest BCUT2D eigenvalue weighted by Gasteiger charge is 2.17. The predicted octanol–water partition coefficient (Wildman–Crippen LogP) is 2.64. The molecule has 2 heterocycles. The van der Waals surface area contributed by atoms with Crippen LogP contribution in [-0.4, -0.2) is 25.2 Å². The largest absolute Gasteiger partial charge is 0.495 e. The second-order valence-electron chi connectivity index (χ2n) is 5.27. The van der Waals surface area contributed by atoms with Gasteiger partial charge in [0.05, 0.1) is 12.6 Å². The van der Waals surface area contributed by atoms with Crippen LogP contribution in [0.15, 0.2) is 18.3 Å². The van der Waals surface area contributed by atoms with E-state index in [-0.39, 0.29) is 0 Å². The van der Waals surface area contributed by atoms with Crippen molar-refractivity contribution in [3.8, 4) is 5.75 Å². The van der Waals surface area contributed by atoms with Crippen molar-refractivity contribution >= 4 is 10.9 Å². The fourth-order valence-corrected chi connectivity index (χ4v) is 2.92. The van der Waals surface area contributed by atoms with E-state index in [4.69, 9.17) is 4.74 Å². The van der Waals surface area contributed by atoms with Crippen LogP contribution in [0, 0.1) is 12.8 Å². The third-order valence-electron chi connectivity index (χ3n) is 3.87. The molecule has 1 aromatic heterocycles. The van der Waals surface area contributed by atoms with E-state index in [2.05, 4.69) is 35.6 Å². The van der Waals surface area contributed by atoms with Crippen LogP contribution < -0.4 is 10.1 Å². The SMILES string of the molecule is COc1cc(C)cc2c(CC3CCNC3)c[nH]c12. The molecule has 0 spiro atoms. The van der Waals surface area contributed by atoms with Crippen molar-refractivity contribution in [3.63, 3.8) is 0 Å². The van der Waals surface area contributed by atoms with Crippen molar-refractivity contribution in [2.24, 2.45) is 5.92 Å². The first-order valence-corrected chi connectivity index (χ1v) is 6.63. The van der Waals surface area contributed by atoms with Gasteiger partial charge in [-0.1, -0.05) is 0 Å². The number of benzene rings is 1. The molecule has 1 atom stereocenters. The third kappa shape index (κ3) is 1.99. The van der Waals surface area contributed by atoms with Crippen LogP contribution in [0.4, 0.5) is 0 Å². The van der Waals surface area contributed by atoms with Gasteiger partial charge in [-0.15, -0.1) is 0 Å². The van der Waals surface area contributed by atoms with Gasteiger partial charge in [-0.05, 0) is 62.0 Å². The lowest BCUT2D eigenvalue weighted by atomic mass is 9.97. The molecular weight excluding hydrogens is 224 g/mol. The van der Waals surface area contributed by atoms with E-state index in [1.54, 1.807) is 7.11 Å². The Morgan fingerprint density at radius 2 is 2.28 bits per heavy atom. The Hall–Kier alpha value is -1.48. The molecule has 3 nitrogen and oxygen atoms in total. The van der Waals surface area contributed by atoms with Gasteiger partial charge in [0.15, 0.2) is 0 Å².